The number of sulfonamides is 1. The Morgan fingerprint density at radius 2 is 0.775 bits per heavy atom. The number of amides is 1. The normalized spacial score (nSPS) is 9.96. The number of isothiocyanates is 1. The number of rotatable bonds is 13. The van der Waals surface area contributed by atoms with Gasteiger partial charge in [-0.05, 0) is 255 Å². The van der Waals surface area contributed by atoms with Crippen molar-refractivity contribution in [2.45, 2.75) is 336 Å². The third-order valence-electron chi connectivity index (χ3n) is 8.43. The predicted octanol–water partition coefficient (Wildman–Crippen LogP) is 28.5. The van der Waals surface area contributed by atoms with E-state index in [4.69, 9.17) is 14.2 Å². The second kappa shape index (κ2) is 237. The number of nitrogens with one attached hydrogen (secondary N) is 3. The van der Waals surface area contributed by atoms with E-state index in [9.17, 15) is 53.4 Å². The van der Waals surface area contributed by atoms with Crippen molar-refractivity contribution in [1.82, 2.24) is 25.8 Å². The minimum Gasteiger partial charge on any atom is -0.463 e. The molecule has 3 N–H and O–H groups in total. The fourth-order valence-electron chi connectivity index (χ4n) is 1.23. The minimum atomic E-state index is -3.12. The van der Waals surface area contributed by atoms with Gasteiger partial charge in [-0.3, -0.25) is 24.0 Å². The second-order valence-electron chi connectivity index (χ2n) is 25.5. The highest BCUT2D eigenvalue weighted by Gasteiger charge is 2.26. The smallest absolute Gasteiger partial charge is 0.302 e. The van der Waals surface area contributed by atoms with Crippen LogP contribution in [-0.2, 0) is 76.6 Å². The zero-order chi connectivity index (χ0) is 107. The van der Waals surface area contributed by atoms with Gasteiger partial charge in [-0.2, -0.15) is 39.7 Å². The molecule has 1 aliphatic carbocycles. The molecule has 1 aliphatic rings. The van der Waals surface area contributed by atoms with E-state index in [1.807, 2.05) is 206 Å². The number of hydrogen-bond acceptors (Lipinski definition) is 24. The van der Waals surface area contributed by atoms with Crippen LogP contribution in [0.4, 0.5) is 26.3 Å². The van der Waals surface area contributed by atoms with Gasteiger partial charge in [-0.25, -0.2) is 30.4 Å². The summed E-state index contributed by atoms with van der Waals surface area (Å²) in [6, 6.07) is 0. The maximum absolute atomic E-state index is 11.3. The number of aliphatic imine (C=N–C) groups is 2. The number of unbranched alkanes of at least 4 members (excludes halogenated alkanes) is 1. The van der Waals surface area contributed by atoms with Gasteiger partial charge in [0.15, 0.2) is 12.5 Å². The highest BCUT2D eigenvalue weighted by atomic mass is 32.2. The largest absolute Gasteiger partial charge is 0.463 e. The summed E-state index contributed by atoms with van der Waals surface area (Å²) in [5.74, 6) is 1.67. The summed E-state index contributed by atoms with van der Waals surface area (Å²) in [4.78, 5) is 40.2. The lowest BCUT2D eigenvalue weighted by atomic mass is 10.3. The third-order valence-corrected chi connectivity index (χ3v) is 10.8. The summed E-state index contributed by atoms with van der Waals surface area (Å²) in [6.07, 6.45) is 23.2. The van der Waals surface area contributed by atoms with Gasteiger partial charge in [0.2, 0.25) is 15.9 Å². The molecule has 0 heterocycles. The van der Waals surface area contributed by atoms with Crippen LogP contribution >= 0.6 is 35.3 Å². The van der Waals surface area contributed by atoms with Gasteiger partial charge < -0.3 is 72.1 Å². The van der Waals surface area contributed by atoms with E-state index < -0.39 is 39.1 Å². The summed E-state index contributed by atoms with van der Waals surface area (Å²) in [6.45, 7) is 68.7. The first kappa shape index (κ1) is 223. The lowest BCUT2D eigenvalue weighted by Gasteiger charge is -2.19. The number of methoxy groups -OCH3 is 6. The Morgan fingerprint density at radius 1 is 0.597 bits per heavy atom. The van der Waals surface area contributed by atoms with Crippen LogP contribution in [0.1, 0.15) is 312 Å². The molecular weight excluding hydrogens is 1760 g/mol. The lowest BCUT2D eigenvalue weighted by Crippen LogP contribution is -2.24. The summed E-state index contributed by atoms with van der Waals surface area (Å²) in [7, 11) is 31.0. The zero-order valence-corrected chi connectivity index (χ0v) is 97.2. The predicted molar refractivity (Wildman–Crippen MR) is 595 cm³/mol. The molecule has 0 aromatic heterocycles. The van der Waals surface area contributed by atoms with Gasteiger partial charge in [0.05, 0.1) is 37.3 Å². The number of carbonyl (C=O) groups excluding carboxylic acids is 3. The number of nitrogens with zero attached hydrogens (tertiary/aromatic N) is 5. The van der Waals surface area contributed by atoms with Crippen LogP contribution in [0.25, 0.3) is 0 Å². The monoisotopic (exact) mass is 2000 g/mol. The summed E-state index contributed by atoms with van der Waals surface area (Å²) >= 11 is 5.46. The Kier molecular flexibility index (Phi) is 410. The van der Waals surface area contributed by atoms with Crippen LogP contribution in [0.5, 0.6) is 0 Å². The second-order valence-corrected chi connectivity index (χ2v) is 31.3. The molecule has 33 heteroatoms. The molecule has 0 saturated heterocycles. The average molecular weight is 2000 g/mol. The number of alkyl halides is 4. The maximum atomic E-state index is 11.3. The first-order valence-corrected chi connectivity index (χ1v) is 48.7. The van der Waals surface area contributed by atoms with E-state index in [1.54, 1.807) is 103 Å². The first-order valence-electron chi connectivity index (χ1n) is 41.4. The van der Waals surface area contributed by atoms with E-state index in [0.717, 1.165) is 49.5 Å². The van der Waals surface area contributed by atoms with Crippen molar-refractivity contribution in [2.24, 2.45) is 32.1 Å². The molecule has 0 spiro atoms. The number of carbonyl (C=O) groups is 3. The van der Waals surface area contributed by atoms with Crippen molar-refractivity contribution in [3.8, 4) is 0 Å². The molecule has 0 bridgehead atoms. The Labute approximate surface area is 824 Å². The number of ether oxygens (including phenoxy) is 7. The summed E-state index contributed by atoms with van der Waals surface area (Å²) in [5, 5.41) is 10.6. The van der Waals surface area contributed by atoms with Crippen molar-refractivity contribution >= 4 is 90.7 Å². The van der Waals surface area contributed by atoms with Gasteiger partial charge in [-0.1, -0.05) is 188 Å². The Hall–Kier alpha value is -2.96. The third kappa shape index (κ3) is 976. The number of Topliss-reactive ketones (excluding diaryl/α,β-unsaturated/α-hetero) is 1. The molecule has 129 heavy (non-hydrogen) atoms. The Bertz CT molecular complexity index is 1930. The Morgan fingerprint density at radius 3 is 0.783 bits per heavy atom. The van der Waals surface area contributed by atoms with Gasteiger partial charge in [0.1, 0.15) is 5.78 Å². The van der Waals surface area contributed by atoms with E-state index in [2.05, 4.69) is 154 Å². The molecule has 820 valence electrons. The number of ketones is 1. The lowest BCUT2D eigenvalue weighted by molar-refractivity contribution is -0.178. The number of esters is 1. The first-order chi connectivity index (χ1) is 56.9. The molecule has 0 aromatic carbocycles. The molecule has 0 aromatic rings. The van der Waals surface area contributed by atoms with Crippen LogP contribution in [0.15, 0.2) is 50.3 Å². The minimum absolute atomic E-state index is 0. The van der Waals surface area contributed by atoms with E-state index in [0.29, 0.717) is 20.2 Å². The zero-order valence-electron chi connectivity index (χ0n) is 93.1. The Balaban J connectivity index is -0.0000000253. The molecule has 0 radical (unpaired) electrons. The average Bonchev–Trinajstić information content (AvgIpc) is 1.76. The van der Waals surface area contributed by atoms with Crippen molar-refractivity contribution in [3.63, 3.8) is 0 Å². The van der Waals surface area contributed by atoms with Gasteiger partial charge in [0, 0.05) is 131 Å². The number of allylic oxidation sites excluding steroid dienone is 6. The molecule has 1 rings (SSSR count). The fourth-order valence-corrected chi connectivity index (χ4v) is 1.83. The molecule has 22 nitrogen and oxygen atoms in total. The SMILES string of the molecule is C.C.C.C.C.C/C=C(/C)F.CC.CC(=O)N(C)C.CC(=O)OC(C)C.CC(C)=O.CC(C)C.CC(F)(F)CF.CC1CC1C.CC=C(C)F.CC=CC.CC=NS(C)(=O)=O.CCC.CCCC.CCNC.CCOC.CCOC.CCSC.CCSC.CF.CN(C)C.CN=C(C)C.CN=C=[S-](=O)OC.CNC.CNC.COC.COC(C)(C)OC.COC(C)C.CSC. The van der Waals surface area contributed by atoms with Gasteiger partial charge in [0.25, 0.3) is 5.92 Å². The molecule has 1 saturated carbocycles. The van der Waals surface area contributed by atoms with Crippen LogP contribution in [0, 0.1) is 17.8 Å². The molecular formula is C96H239F6N8O14S5-. The van der Waals surface area contributed by atoms with E-state index in [1.165, 1.54) is 116 Å². The molecule has 0 aliphatic heterocycles. The number of hydrogen-bond donors (Lipinski definition) is 3. The van der Waals surface area contributed by atoms with Crippen molar-refractivity contribution in [3.05, 3.63) is 36.0 Å². The molecule has 1 amide bonds. The number of thioether (sulfide) groups is 3. The molecule has 2 atom stereocenters. The highest BCUT2D eigenvalue weighted by Crippen LogP contribution is 2.36. The maximum Gasteiger partial charge on any atom is 0.302 e. The molecule has 1 fully saturated rings. The van der Waals surface area contributed by atoms with Gasteiger partial charge in [-0.15, -0.1) is 5.16 Å². The van der Waals surface area contributed by atoms with Crippen LogP contribution in [0.3, 0.4) is 0 Å². The van der Waals surface area contributed by atoms with Crippen LogP contribution < -0.4 is 16.0 Å². The van der Waals surface area contributed by atoms with Crippen molar-refractivity contribution < 1.29 is 90.7 Å². The molecule has 2 unspecified atom stereocenters. The topological polar surface area (TPSA) is 256 Å². The fraction of sp³-hybridized carbons (Fsp3) is 0.875. The van der Waals surface area contributed by atoms with E-state index in [-0.39, 0.29) is 72.6 Å². The standard InChI is InChI=1S/C5H12O2.C5H10O2.C5H10.2C4H7F.C4H9NO.C4H9N.C4H10O.2C4H10.C4H8.C3H5F3.C3H6NO2S.C3H7NO2S.2C3H9N.2C3H8O.C3H6O.2C3H8S.C3H8.2C2H7N.C2H6O.C2H6S.C2H6.CH3F.5CH4/c1-5(2,6-3)7-4;1-4(2)7-5(3)6;1-4-3-5(4)2;2*1-3-4(2)5;1-4(6)5(2)3;2*1-4(2)5-3;1-4(2)3;2*1-3-4-2;1-3(5,6)2-4;1-4-3-7(5)6-2;1-3-4-7(2,5)6;1-4(2)3;3*1-3-4-2;1-3(2)4;2*1-3-4-2;5*1-3-2;2*1-2;;;;;/h1-4H3;4H,1-3H3;4-5H,3H2,1-2H3;2*3H,1-2H3;1-3H3;1-3H3;4H,1-3H3;4H,1-3H3;3-4H2,1-2H3;3-4H,1-2H3;2H2,1H3;1-2H3;3H,1-2H3;1-3H3;4H,3H2,1-2H3;2*3H2,1-2H3;1-2H3;2*3H2,1-2H3;3H2,1-2H3;2*3H,1-2H3;2*1-2H3;1-2H3;1H3;5*1H4/q;;;;;;;;;;;;-1;;;;;;;;;;;;;;;;;;;;/b;;;4-3-;;;;;;;;;;;;;;;;;;;;;;;;;;;;;. The number of halogens is 6. The summed E-state index contributed by atoms with van der Waals surface area (Å²) in [5.41, 5.74) is 1.13. The van der Waals surface area contributed by atoms with Crippen LogP contribution in [-0.4, -0.2) is 295 Å². The van der Waals surface area contributed by atoms with E-state index >= 15 is 0 Å². The summed E-state index contributed by atoms with van der Waals surface area (Å²) < 4.78 is 135. The highest BCUT2D eigenvalue weighted by molar-refractivity contribution is 7.98. The van der Waals surface area contributed by atoms with Crippen molar-refractivity contribution in [1.29, 1.82) is 0 Å². The van der Waals surface area contributed by atoms with Gasteiger partial charge >= 0.3 is 5.97 Å². The van der Waals surface area contributed by atoms with Crippen LogP contribution in [0.2, 0.25) is 0 Å². The van der Waals surface area contributed by atoms with Crippen molar-refractivity contribution in [2.75, 3.05) is 218 Å². The quantitative estimate of drug-likeness (QED) is 0.0294.